The number of primary amides is 1. The van der Waals surface area contributed by atoms with E-state index in [1.807, 2.05) is 60.7 Å². The number of hydrogen-bond acceptors (Lipinski definition) is 4. The number of rotatable bonds is 6. The lowest BCUT2D eigenvalue weighted by atomic mass is 9.90. The summed E-state index contributed by atoms with van der Waals surface area (Å²) >= 11 is 3.97. The SMILES string of the molecule is NC(=O)c1ccc2c(c1)C(c1ccc(Cl)cc1)=CN(Cc1ccc(CS(=O)[O-])cc1)C2. The molecule has 1 unspecified atom stereocenters. The van der Waals surface area contributed by atoms with Gasteiger partial charge < -0.3 is 15.2 Å². The van der Waals surface area contributed by atoms with Crippen LogP contribution in [0.1, 0.15) is 38.2 Å². The summed E-state index contributed by atoms with van der Waals surface area (Å²) in [5, 5.41) is 0.655. The molecule has 2 N–H and O–H groups in total. The summed E-state index contributed by atoms with van der Waals surface area (Å²) in [6.45, 7) is 1.34. The van der Waals surface area contributed by atoms with Crippen LogP contribution in [0.4, 0.5) is 0 Å². The number of carbonyl (C=O) groups excluding carboxylic acids is 1. The molecule has 3 aromatic carbocycles. The van der Waals surface area contributed by atoms with Gasteiger partial charge in [-0.15, -0.1) is 0 Å². The van der Waals surface area contributed by atoms with E-state index in [1.54, 1.807) is 6.07 Å². The summed E-state index contributed by atoms with van der Waals surface area (Å²) in [5.74, 6) is -0.444. The van der Waals surface area contributed by atoms with Gasteiger partial charge in [0.15, 0.2) is 0 Å². The van der Waals surface area contributed by atoms with Crippen molar-refractivity contribution in [3.05, 3.63) is 111 Å². The summed E-state index contributed by atoms with van der Waals surface area (Å²) in [6, 6.07) is 20.7. The fourth-order valence-corrected chi connectivity index (χ4v) is 4.30. The molecule has 7 heteroatoms. The van der Waals surface area contributed by atoms with Crippen LogP contribution in [0.15, 0.2) is 72.9 Å². The van der Waals surface area contributed by atoms with Crippen molar-refractivity contribution in [3.8, 4) is 0 Å². The van der Waals surface area contributed by atoms with E-state index in [2.05, 4.69) is 11.1 Å². The molecule has 1 aliphatic heterocycles. The summed E-state index contributed by atoms with van der Waals surface area (Å²) in [7, 11) is 0. The molecule has 4 rings (SSSR count). The highest BCUT2D eigenvalue weighted by atomic mass is 35.5. The van der Waals surface area contributed by atoms with Crippen LogP contribution in [-0.2, 0) is 29.9 Å². The predicted molar refractivity (Wildman–Crippen MR) is 122 cm³/mol. The summed E-state index contributed by atoms with van der Waals surface area (Å²) in [4.78, 5) is 13.9. The molecular weight excluding hydrogens is 432 g/mol. The van der Waals surface area contributed by atoms with Gasteiger partial charge in [0.1, 0.15) is 0 Å². The smallest absolute Gasteiger partial charge is 0.248 e. The Kier molecular flexibility index (Phi) is 6.23. The Balaban J connectivity index is 1.67. The van der Waals surface area contributed by atoms with Crippen molar-refractivity contribution in [2.75, 3.05) is 0 Å². The summed E-state index contributed by atoms with van der Waals surface area (Å²) < 4.78 is 21.8. The molecule has 1 atom stereocenters. The lowest BCUT2D eigenvalue weighted by molar-refractivity contribution is 0.1000. The topological polar surface area (TPSA) is 86.5 Å². The number of halogens is 1. The van der Waals surface area contributed by atoms with Gasteiger partial charge in [0.2, 0.25) is 5.91 Å². The largest absolute Gasteiger partial charge is 0.772 e. The third-order valence-electron chi connectivity index (χ3n) is 5.22. The third kappa shape index (κ3) is 5.05. The Morgan fingerprint density at radius 1 is 1.03 bits per heavy atom. The molecule has 1 aliphatic rings. The maximum Gasteiger partial charge on any atom is 0.248 e. The van der Waals surface area contributed by atoms with Crippen molar-refractivity contribution in [1.29, 1.82) is 0 Å². The zero-order valence-electron chi connectivity index (χ0n) is 16.6. The zero-order chi connectivity index (χ0) is 22.0. The Bertz CT molecular complexity index is 1170. The zero-order valence-corrected chi connectivity index (χ0v) is 18.2. The number of nitrogens with two attached hydrogens (primary N) is 1. The second-order valence-corrected chi connectivity index (χ2v) is 8.79. The molecule has 158 valence electrons. The standard InChI is InChI=1S/C24H21ClN2O3S/c25-21-9-7-18(8-10-21)23-14-27(12-16-1-3-17(4-2-16)15-31(29)30)13-20-6-5-19(24(26)28)11-22(20)23/h1-11,14H,12-13,15H2,(H2,26,28)(H,29,30)/p-1. The highest BCUT2D eigenvalue weighted by Gasteiger charge is 2.20. The van der Waals surface area contributed by atoms with Gasteiger partial charge >= 0.3 is 0 Å². The van der Waals surface area contributed by atoms with Crippen molar-refractivity contribution in [3.63, 3.8) is 0 Å². The van der Waals surface area contributed by atoms with Gasteiger partial charge in [-0.05, 0) is 52.1 Å². The van der Waals surface area contributed by atoms with E-state index < -0.39 is 17.0 Å². The van der Waals surface area contributed by atoms with E-state index in [0.717, 1.165) is 33.4 Å². The van der Waals surface area contributed by atoms with Crippen LogP contribution in [0, 0.1) is 0 Å². The molecule has 0 aliphatic carbocycles. The highest BCUT2D eigenvalue weighted by Crippen LogP contribution is 2.34. The van der Waals surface area contributed by atoms with E-state index in [0.29, 0.717) is 23.7 Å². The third-order valence-corrected chi connectivity index (χ3v) is 6.04. The van der Waals surface area contributed by atoms with Gasteiger partial charge in [-0.3, -0.25) is 9.00 Å². The molecule has 31 heavy (non-hydrogen) atoms. The molecule has 0 spiro atoms. The molecule has 0 radical (unpaired) electrons. The Hall–Kier alpha value is -2.93. The molecule has 0 saturated heterocycles. The second kappa shape index (κ2) is 9.06. The molecule has 3 aromatic rings. The fraction of sp³-hybridized carbons (Fsp3) is 0.125. The van der Waals surface area contributed by atoms with Gasteiger partial charge in [0, 0.05) is 41.2 Å². The minimum atomic E-state index is -2.10. The summed E-state index contributed by atoms with van der Waals surface area (Å²) in [6.07, 6.45) is 2.08. The Morgan fingerprint density at radius 3 is 2.35 bits per heavy atom. The van der Waals surface area contributed by atoms with Crippen LogP contribution < -0.4 is 5.73 Å². The number of fused-ring (bicyclic) bond motifs is 1. The normalized spacial score (nSPS) is 14.0. The van der Waals surface area contributed by atoms with E-state index in [1.165, 1.54) is 0 Å². The maximum atomic E-state index is 11.7. The number of amides is 1. The molecule has 0 saturated carbocycles. The minimum Gasteiger partial charge on any atom is -0.772 e. The molecule has 0 aromatic heterocycles. The van der Waals surface area contributed by atoms with E-state index in [4.69, 9.17) is 17.3 Å². The van der Waals surface area contributed by atoms with Crippen molar-refractivity contribution in [2.45, 2.75) is 18.8 Å². The first-order valence-corrected chi connectivity index (χ1v) is 11.3. The van der Waals surface area contributed by atoms with Crippen molar-refractivity contribution in [1.82, 2.24) is 4.90 Å². The van der Waals surface area contributed by atoms with Gasteiger partial charge in [-0.2, -0.15) is 0 Å². The van der Waals surface area contributed by atoms with Crippen LogP contribution in [0.5, 0.6) is 0 Å². The molecule has 0 bridgehead atoms. The average Bonchev–Trinajstić information content (AvgIpc) is 2.74. The first kappa shape index (κ1) is 21.3. The number of nitrogens with zero attached hydrogens (tertiary/aromatic N) is 1. The van der Waals surface area contributed by atoms with Crippen molar-refractivity contribution >= 4 is 34.2 Å². The van der Waals surface area contributed by atoms with E-state index in [9.17, 15) is 13.6 Å². The van der Waals surface area contributed by atoms with E-state index >= 15 is 0 Å². The van der Waals surface area contributed by atoms with E-state index in [-0.39, 0.29) is 5.75 Å². The molecule has 0 fully saturated rings. The second-order valence-electron chi connectivity index (χ2n) is 7.46. The predicted octanol–water partition coefficient (Wildman–Crippen LogP) is 4.22. The Labute approximate surface area is 188 Å². The molecule has 5 nitrogen and oxygen atoms in total. The molecular formula is C24H20ClN2O3S-. The van der Waals surface area contributed by atoms with Gasteiger partial charge in [-0.25, -0.2) is 0 Å². The number of hydrogen-bond donors (Lipinski definition) is 1. The monoisotopic (exact) mass is 451 g/mol. The van der Waals surface area contributed by atoms with Crippen LogP contribution >= 0.6 is 11.6 Å². The van der Waals surface area contributed by atoms with Crippen molar-refractivity contribution < 1.29 is 13.6 Å². The van der Waals surface area contributed by atoms with Crippen LogP contribution in [-0.4, -0.2) is 19.6 Å². The maximum absolute atomic E-state index is 11.7. The minimum absolute atomic E-state index is 0.0141. The fourth-order valence-electron chi connectivity index (χ4n) is 3.71. The number of benzene rings is 3. The van der Waals surface area contributed by atoms with Gasteiger partial charge in [0.25, 0.3) is 0 Å². The lowest BCUT2D eigenvalue weighted by Crippen LogP contribution is -2.22. The quantitative estimate of drug-likeness (QED) is 0.568. The lowest BCUT2D eigenvalue weighted by Gasteiger charge is -2.30. The summed E-state index contributed by atoms with van der Waals surface area (Å²) in [5.41, 5.74) is 11.8. The first-order chi connectivity index (χ1) is 14.9. The van der Waals surface area contributed by atoms with Gasteiger partial charge in [0.05, 0.1) is 0 Å². The highest BCUT2D eigenvalue weighted by molar-refractivity contribution is 7.78. The molecule has 1 heterocycles. The van der Waals surface area contributed by atoms with Crippen LogP contribution in [0.3, 0.4) is 0 Å². The Morgan fingerprint density at radius 2 is 1.71 bits per heavy atom. The number of carbonyl (C=O) groups is 1. The molecule has 1 amide bonds. The van der Waals surface area contributed by atoms with Gasteiger partial charge in [-0.1, -0.05) is 65.1 Å². The van der Waals surface area contributed by atoms with Crippen LogP contribution in [0.2, 0.25) is 5.02 Å². The van der Waals surface area contributed by atoms with Crippen LogP contribution in [0.25, 0.3) is 5.57 Å². The first-order valence-electron chi connectivity index (χ1n) is 9.67. The van der Waals surface area contributed by atoms with Crippen molar-refractivity contribution in [2.24, 2.45) is 5.73 Å². The average molecular weight is 452 g/mol.